The monoisotopic (exact) mass is 505 g/mol. The number of amides is 2. The summed E-state index contributed by atoms with van der Waals surface area (Å²) in [7, 11) is -4.02. The maximum Gasteiger partial charge on any atom is 0.264 e. The Hall–Kier alpha value is -3.65. The lowest BCUT2D eigenvalue weighted by Crippen LogP contribution is -2.38. The minimum absolute atomic E-state index is 0.0929. The first-order valence-electron chi connectivity index (χ1n) is 12.1. The summed E-state index contributed by atoms with van der Waals surface area (Å²) in [5, 5.41) is 2.78. The first-order chi connectivity index (χ1) is 17.3. The van der Waals surface area contributed by atoms with Crippen LogP contribution in [0.5, 0.6) is 0 Å². The molecule has 0 spiro atoms. The van der Waals surface area contributed by atoms with Crippen molar-refractivity contribution in [2.24, 2.45) is 0 Å². The zero-order chi connectivity index (χ0) is 25.7. The van der Waals surface area contributed by atoms with Gasteiger partial charge in [-0.3, -0.25) is 13.9 Å². The minimum Gasteiger partial charge on any atom is -0.339 e. The Morgan fingerprint density at radius 3 is 2.14 bits per heavy atom. The molecule has 1 heterocycles. The van der Waals surface area contributed by atoms with Crippen LogP contribution in [0.15, 0.2) is 83.8 Å². The largest absolute Gasteiger partial charge is 0.339 e. The number of nitrogens with one attached hydrogen (secondary N) is 1. The number of carbonyl (C=O) groups excluding carboxylic acids is 2. The van der Waals surface area contributed by atoms with Gasteiger partial charge in [-0.1, -0.05) is 56.3 Å². The van der Waals surface area contributed by atoms with Gasteiger partial charge in [0.05, 0.1) is 21.8 Å². The van der Waals surface area contributed by atoms with Crippen LogP contribution in [-0.2, 0) is 14.8 Å². The molecule has 4 rings (SSSR count). The molecule has 0 bridgehead atoms. The van der Waals surface area contributed by atoms with Crippen LogP contribution < -0.4 is 9.62 Å². The highest BCUT2D eigenvalue weighted by Crippen LogP contribution is 2.26. The summed E-state index contributed by atoms with van der Waals surface area (Å²) in [6, 6.07) is 22.0. The summed E-state index contributed by atoms with van der Waals surface area (Å²) < 4.78 is 28.3. The second-order valence-electron chi connectivity index (χ2n) is 9.16. The molecule has 2 amide bonds. The molecule has 0 radical (unpaired) electrons. The molecular weight excluding hydrogens is 474 g/mol. The third-order valence-electron chi connectivity index (χ3n) is 6.29. The Labute approximate surface area is 212 Å². The number of sulfonamides is 1. The number of carbonyl (C=O) groups is 2. The van der Waals surface area contributed by atoms with Gasteiger partial charge in [0.2, 0.25) is 5.91 Å². The van der Waals surface area contributed by atoms with Gasteiger partial charge < -0.3 is 10.2 Å². The van der Waals surface area contributed by atoms with E-state index in [4.69, 9.17) is 0 Å². The van der Waals surface area contributed by atoms with E-state index in [1.807, 2.05) is 12.1 Å². The van der Waals surface area contributed by atoms with E-state index in [0.29, 0.717) is 30.0 Å². The number of anilines is 2. The Morgan fingerprint density at radius 1 is 0.889 bits per heavy atom. The van der Waals surface area contributed by atoms with Crippen molar-refractivity contribution in [1.29, 1.82) is 0 Å². The fraction of sp³-hybridized carbons (Fsp3) is 0.286. The number of benzene rings is 3. The molecule has 1 aliphatic rings. The van der Waals surface area contributed by atoms with Gasteiger partial charge in [0.25, 0.3) is 15.9 Å². The summed E-state index contributed by atoms with van der Waals surface area (Å²) in [6.07, 6.45) is 1.92. The van der Waals surface area contributed by atoms with E-state index in [9.17, 15) is 18.0 Å². The molecule has 1 N–H and O–H groups in total. The molecule has 3 aromatic rings. The minimum atomic E-state index is -4.02. The van der Waals surface area contributed by atoms with Gasteiger partial charge in [-0.15, -0.1) is 0 Å². The number of hydrogen-bond donors (Lipinski definition) is 1. The molecule has 0 aromatic heterocycles. The van der Waals surface area contributed by atoms with E-state index in [1.165, 1.54) is 12.1 Å². The van der Waals surface area contributed by atoms with Crippen molar-refractivity contribution < 1.29 is 18.0 Å². The van der Waals surface area contributed by atoms with E-state index in [-0.39, 0.29) is 16.7 Å². The van der Waals surface area contributed by atoms with Crippen molar-refractivity contribution in [1.82, 2.24) is 4.90 Å². The van der Waals surface area contributed by atoms with Gasteiger partial charge in [-0.2, -0.15) is 0 Å². The number of likely N-dealkylation sites (tertiary alicyclic amines) is 1. The van der Waals surface area contributed by atoms with E-state index in [1.54, 1.807) is 59.5 Å². The number of nitrogens with zero attached hydrogens (tertiary/aromatic N) is 2. The summed E-state index contributed by atoms with van der Waals surface area (Å²) in [5.41, 5.74) is 2.22. The van der Waals surface area contributed by atoms with Crippen molar-refractivity contribution in [2.75, 3.05) is 29.3 Å². The Balaban J connectivity index is 1.62. The van der Waals surface area contributed by atoms with Crippen LogP contribution in [-0.4, -0.2) is 44.8 Å². The molecule has 0 saturated carbocycles. The highest BCUT2D eigenvalue weighted by molar-refractivity contribution is 7.92. The van der Waals surface area contributed by atoms with Crippen LogP contribution in [0.3, 0.4) is 0 Å². The quantitative estimate of drug-likeness (QED) is 0.473. The molecule has 36 heavy (non-hydrogen) atoms. The number of para-hydroxylation sites is 1. The highest BCUT2D eigenvalue weighted by Gasteiger charge is 2.28. The predicted octanol–water partition coefficient (Wildman–Crippen LogP) is 4.88. The van der Waals surface area contributed by atoms with E-state index in [2.05, 4.69) is 19.2 Å². The molecule has 7 nitrogen and oxygen atoms in total. The summed E-state index contributed by atoms with van der Waals surface area (Å²) in [5.74, 6) is -0.392. The van der Waals surface area contributed by atoms with E-state index < -0.39 is 22.5 Å². The molecule has 0 unspecified atom stereocenters. The van der Waals surface area contributed by atoms with Crippen LogP contribution in [0.25, 0.3) is 0 Å². The second-order valence-corrected chi connectivity index (χ2v) is 11.0. The van der Waals surface area contributed by atoms with Gasteiger partial charge >= 0.3 is 0 Å². The molecule has 1 fully saturated rings. The average molecular weight is 506 g/mol. The van der Waals surface area contributed by atoms with Crippen LogP contribution >= 0.6 is 0 Å². The Kier molecular flexibility index (Phi) is 7.74. The lowest BCUT2D eigenvalue weighted by Gasteiger charge is -2.25. The number of hydrogen-bond acceptors (Lipinski definition) is 4. The SMILES string of the molecule is CC(C)c1ccc(N(CC(=O)Nc2ccccc2C(=O)N2CCCC2)S(=O)(=O)c2ccccc2)cc1. The van der Waals surface area contributed by atoms with Crippen molar-refractivity contribution >= 4 is 33.2 Å². The van der Waals surface area contributed by atoms with E-state index in [0.717, 1.165) is 22.7 Å². The van der Waals surface area contributed by atoms with Crippen molar-refractivity contribution in [3.05, 3.63) is 90.0 Å². The standard InChI is InChI=1S/C28H31N3O4S/c1-21(2)22-14-16-23(17-15-22)31(36(34,35)24-10-4-3-5-11-24)20-27(32)29-26-13-7-6-12-25(26)28(33)30-18-8-9-19-30/h3-7,10-17,21H,8-9,18-20H2,1-2H3,(H,29,32). The molecule has 0 atom stereocenters. The first-order valence-corrected chi connectivity index (χ1v) is 13.6. The van der Waals surface area contributed by atoms with Crippen molar-refractivity contribution in [2.45, 2.75) is 37.5 Å². The van der Waals surface area contributed by atoms with E-state index >= 15 is 0 Å². The van der Waals surface area contributed by atoms with Crippen LogP contribution in [0.2, 0.25) is 0 Å². The maximum atomic E-state index is 13.6. The molecule has 0 aliphatic carbocycles. The first kappa shape index (κ1) is 25.4. The van der Waals surface area contributed by atoms with Crippen LogP contribution in [0.1, 0.15) is 48.5 Å². The highest BCUT2D eigenvalue weighted by atomic mass is 32.2. The lowest BCUT2D eigenvalue weighted by atomic mass is 10.0. The van der Waals surface area contributed by atoms with Crippen molar-refractivity contribution in [3.63, 3.8) is 0 Å². The predicted molar refractivity (Wildman–Crippen MR) is 142 cm³/mol. The molecule has 8 heteroatoms. The van der Waals surface area contributed by atoms with Gasteiger partial charge in [0, 0.05) is 13.1 Å². The van der Waals surface area contributed by atoms with Gasteiger partial charge in [-0.05, 0) is 60.7 Å². The van der Waals surface area contributed by atoms with Gasteiger partial charge in [-0.25, -0.2) is 8.42 Å². The topological polar surface area (TPSA) is 86.8 Å². The maximum absolute atomic E-state index is 13.6. The fourth-order valence-electron chi connectivity index (χ4n) is 4.25. The molecule has 188 valence electrons. The third kappa shape index (κ3) is 5.60. The van der Waals surface area contributed by atoms with Crippen LogP contribution in [0.4, 0.5) is 11.4 Å². The van der Waals surface area contributed by atoms with Gasteiger partial charge in [0.1, 0.15) is 6.54 Å². The zero-order valence-corrected chi connectivity index (χ0v) is 21.4. The number of rotatable bonds is 8. The van der Waals surface area contributed by atoms with Gasteiger partial charge in [0.15, 0.2) is 0 Å². The Bertz CT molecular complexity index is 1320. The summed E-state index contributed by atoms with van der Waals surface area (Å²) in [6.45, 7) is 5.06. The zero-order valence-electron chi connectivity index (χ0n) is 20.6. The lowest BCUT2D eigenvalue weighted by molar-refractivity contribution is -0.114. The average Bonchev–Trinajstić information content (AvgIpc) is 3.43. The second kappa shape index (κ2) is 11.0. The third-order valence-corrected chi connectivity index (χ3v) is 8.08. The van der Waals surface area contributed by atoms with Crippen LogP contribution in [0, 0.1) is 0 Å². The molecular formula is C28H31N3O4S. The molecule has 1 saturated heterocycles. The Morgan fingerprint density at radius 2 is 1.50 bits per heavy atom. The fourth-order valence-corrected chi connectivity index (χ4v) is 5.69. The molecule has 3 aromatic carbocycles. The summed E-state index contributed by atoms with van der Waals surface area (Å²) in [4.78, 5) is 28.1. The summed E-state index contributed by atoms with van der Waals surface area (Å²) >= 11 is 0. The van der Waals surface area contributed by atoms with Crippen molar-refractivity contribution in [3.8, 4) is 0 Å². The smallest absolute Gasteiger partial charge is 0.264 e. The normalized spacial score (nSPS) is 13.6. The molecule has 1 aliphatic heterocycles.